The van der Waals surface area contributed by atoms with Crippen LogP contribution in [0.1, 0.15) is 13.8 Å². The number of hydrogen-bond donors (Lipinski definition) is 2. The molecule has 2 N–H and O–H groups in total. The Balaban J connectivity index is 3.48. The van der Waals surface area contributed by atoms with Crippen LogP contribution in [0.4, 0.5) is 0 Å². The van der Waals surface area contributed by atoms with E-state index >= 15 is 0 Å². The van der Waals surface area contributed by atoms with Crippen LogP contribution in [0.3, 0.4) is 0 Å². The van der Waals surface area contributed by atoms with Gasteiger partial charge in [0.15, 0.2) is 0 Å². The molecule has 0 bridgehead atoms. The Hall–Kier alpha value is -1.08. The van der Waals surface area contributed by atoms with Crippen molar-refractivity contribution in [2.75, 3.05) is 0 Å². The van der Waals surface area contributed by atoms with Gasteiger partial charge in [-0.1, -0.05) is 0 Å². The van der Waals surface area contributed by atoms with Gasteiger partial charge < -0.3 is 5.32 Å². The molecule has 10 heavy (non-hydrogen) atoms. The summed E-state index contributed by atoms with van der Waals surface area (Å²) >= 11 is 0. The van der Waals surface area contributed by atoms with Crippen molar-refractivity contribution >= 4 is 6.41 Å². The fourth-order valence-corrected chi connectivity index (χ4v) is 0.562. The van der Waals surface area contributed by atoms with E-state index in [1.54, 1.807) is 13.8 Å². The number of hydrogen-bond acceptors (Lipinski definition) is 3. The van der Waals surface area contributed by atoms with Crippen LogP contribution in [0.5, 0.6) is 0 Å². The molecule has 4 heteroatoms. The molecule has 0 aliphatic heterocycles. The first-order valence-electron chi connectivity index (χ1n) is 3.06. The summed E-state index contributed by atoms with van der Waals surface area (Å²) in [5.41, 5.74) is 0. The maximum absolute atomic E-state index is 9.85. The molecule has 56 valence electrons. The Kier molecular flexibility index (Phi) is 4.25. The summed E-state index contributed by atoms with van der Waals surface area (Å²) in [6.07, 6.45) is 0.453. The Morgan fingerprint density at radius 3 is 2.60 bits per heavy atom. The van der Waals surface area contributed by atoms with Crippen LogP contribution >= 0.6 is 0 Å². The third kappa shape index (κ3) is 3.87. The molecule has 0 aromatic rings. The predicted octanol–water partition coefficient (Wildman–Crippen LogP) is -0.420. The third-order valence-electron chi connectivity index (χ3n) is 1.01. The molecule has 0 aromatic carbocycles. The summed E-state index contributed by atoms with van der Waals surface area (Å²) in [4.78, 5) is 9.85. The van der Waals surface area contributed by atoms with Gasteiger partial charge in [0.25, 0.3) is 0 Å². The number of nitrogens with zero attached hydrogens (tertiary/aromatic N) is 1. The van der Waals surface area contributed by atoms with Gasteiger partial charge in [-0.15, -0.1) is 0 Å². The largest absolute Gasteiger partial charge is 0.344 e. The monoisotopic (exact) mass is 141 g/mol. The van der Waals surface area contributed by atoms with Crippen molar-refractivity contribution < 1.29 is 4.79 Å². The average Bonchev–Trinajstić information content (AvgIpc) is 1.88. The Bertz CT molecular complexity index is 140. The molecule has 1 amide bonds. The van der Waals surface area contributed by atoms with Crippen LogP contribution in [0.25, 0.3) is 0 Å². The Morgan fingerprint density at radius 1 is 1.60 bits per heavy atom. The normalized spacial score (nSPS) is 14.9. The smallest absolute Gasteiger partial charge is 0.208 e. The molecule has 0 fully saturated rings. The van der Waals surface area contributed by atoms with E-state index in [0.717, 1.165) is 0 Å². The quantitative estimate of drug-likeness (QED) is 0.413. The lowest BCUT2D eigenvalue weighted by Gasteiger charge is -2.13. The SMILES string of the molecule is CC(C#N)NC(C)NC=O. The number of amides is 1. The van der Waals surface area contributed by atoms with Crippen LogP contribution in [0, 0.1) is 11.3 Å². The molecule has 0 heterocycles. The standard InChI is InChI=1S/C6H11N3O/c1-5(3-7)9-6(2)8-4-10/h4-6,9H,1-2H3,(H,8,10). The second kappa shape index (κ2) is 4.77. The van der Waals surface area contributed by atoms with Crippen LogP contribution in [-0.4, -0.2) is 18.6 Å². The molecule has 2 unspecified atom stereocenters. The lowest BCUT2D eigenvalue weighted by atomic mass is 10.3. The van der Waals surface area contributed by atoms with Gasteiger partial charge in [0.1, 0.15) is 0 Å². The molecular weight excluding hydrogens is 130 g/mol. The minimum atomic E-state index is -0.234. The Labute approximate surface area is 60.2 Å². The van der Waals surface area contributed by atoms with Crippen molar-refractivity contribution in [3.05, 3.63) is 0 Å². The van der Waals surface area contributed by atoms with Crippen molar-refractivity contribution in [1.29, 1.82) is 5.26 Å². The van der Waals surface area contributed by atoms with Gasteiger partial charge in [-0.3, -0.25) is 10.1 Å². The van der Waals surface area contributed by atoms with Crippen molar-refractivity contribution in [1.82, 2.24) is 10.6 Å². The zero-order valence-corrected chi connectivity index (χ0v) is 6.09. The van der Waals surface area contributed by atoms with Gasteiger partial charge in [-0.2, -0.15) is 5.26 Å². The van der Waals surface area contributed by atoms with Gasteiger partial charge in [0.05, 0.1) is 18.3 Å². The fourth-order valence-electron chi connectivity index (χ4n) is 0.562. The number of nitrogens with one attached hydrogen (secondary N) is 2. The second-order valence-electron chi connectivity index (χ2n) is 2.02. The van der Waals surface area contributed by atoms with E-state index in [-0.39, 0.29) is 12.2 Å². The molecule has 2 atom stereocenters. The molecule has 4 nitrogen and oxygen atoms in total. The first-order chi connectivity index (χ1) is 4.70. The maximum Gasteiger partial charge on any atom is 0.208 e. The highest BCUT2D eigenvalue weighted by Gasteiger charge is 2.02. The van der Waals surface area contributed by atoms with E-state index in [9.17, 15) is 4.79 Å². The highest BCUT2D eigenvalue weighted by atomic mass is 16.1. The number of carbonyl (C=O) groups excluding carboxylic acids is 1. The summed E-state index contributed by atoms with van der Waals surface area (Å²) in [5, 5.41) is 13.6. The topological polar surface area (TPSA) is 64.9 Å². The minimum Gasteiger partial charge on any atom is -0.344 e. The van der Waals surface area contributed by atoms with Gasteiger partial charge >= 0.3 is 0 Å². The van der Waals surface area contributed by atoms with Crippen molar-refractivity contribution in [2.45, 2.75) is 26.1 Å². The molecule has 0 saturated carbocycles. The highest BCUT2D eigenvalue weighted by molar-refractivity contribution is 5.46. The molecule has 0 rings (SSSR count). The summed E-state index contributed by atoms with van der Waals surface area (Å²) in [7, 11) is 0. The van der Waals surface area contributed by atoms with Crippen LogP contribution in [0.2, 0.25) is 0 Å². The van der Waals surface area contributed by atoms with Gasteiger partial charge in [-0.05, 0) is 13.8 Å². The predicted molar refractivity (Wildman–Crippen MR) is 36.9 cm³/mol. The molecule has 0 aliphatic carbocycles. The van der Waals surface area contributed by atoms with Crippen LogP contribution in [-0.2, 0) is 4.79 Å². The van der Waals surface area contributed by atoms with E-state index in [0.29, 0.717) is 6.41 Å². The second-order valence-corrected chi connectivity index (χ2v) is 2.02. The number of nitriles is 1. The zero-order valence-electron chi connectivity index (χ0n) is 6.09. The van der Waals surface area contributed by atoms with E-state index in [1.807, 2.05) is 6.07 Å². The van der Waals surface area contributed by atoms with E-state index < -0.39 is 0 Å². The summed E-state index contributed by atoms with van der Waals surface area (Å²) in [6.45, 7) is 3.49. The molecule has 0 aromatic heterocycles. The summed E-state index contributed by atoms with van der Waals surface area (Å²) in [6, 6.07) is 1.75. The van der Waals surface area contributed by atoms with Crippen molar-refractivity contribution in [2.24, 2.45) is 0 Å². The molecule has 0 aliphatic rings. The van der Waals surface area contributed by atoms with Gasteiger partial charge in [-0.25, -0.2) is 0 Å². The number of carbonyl (C=O) groups is 1. The summed E-state index contributed by atoms with van der Waals surface area (Å²) < 4.78 is 0. The van der Waals surface area contributed by atoms with Crippen molar-refractivity contribution in [3.63, 3.8) is 0 Å². The summed E-state index contributed by atoms with van der Waals surface area (Å²) in [5.74, 6) is 0. The van der Waals surface area contributed by atoms with E-state index in [1.165, 1.54) is 0 Å². The minimum absolute atomic E-state index is 0.146. The Morgan fingerprint density at radius 2 is 2.20 bits per heavy atom. The first kappa shape index (κ1) is 8.92. The highest BCUT2D eigenvalue weighted by Crippen LogP contribution is 1.79. The van der Waals surface area contributed by atoms with Crippen LogP contribution in [0.15, 0.2) is 0 Å². The van der Waals surface area contributed by atoms with Gasteiger partial charge in [0, 0.05) is 0 Å². The van der Waals surface area contributed by atoms with E-state index in [4.69, 9.17) is 5.26 Å². The lowest BCUT2D eigenvalue weighted by molar-refractivity contribution is -0.110. The third-order valence-corrected chi connectivity index (χ3v) is 1.01. The van der Waals surface area contributed by atoms with E-state index in [2.05, 4.69) is 10.6 Å². The zero-order chi connectivity index (χ0) is 7.98. The van der Waals surface area contributed by atoms with Crippen molar-refractivity contribution in [3.8, 4) is 6.07 Å². The van der Waals surface area contributed by atoms with Gasteiger partial charge in [0.2, 0.25) is 6.41 Å². The maximum atomic E-state index is 9.85. The lowest BCUT2D eigenvalue weighted by Crippen LogP contribution is -2.43. The fraction of sp³-hybridized carbons (Fsp3) is 0.667. The molecule has 0 radical (unpaired) electrons. The number of rotatable bonds is 4. The average molecular weight is 141 g/mol. The molecule has 0 saturated heterocycles. The van der Waals surface area contributed by atoms with Crippen LogP contribution < -0.4 is 10.6 Å². The first-order valence-corrected chi connectivity index (χ1v) is 3.06. The molecular formula is C6H11N3O. The molecule has 0 spiro atoms.